The minimum Gasteiger partial charge on any atom is -0.492 e. The van der Waals surface area contributed by atoms with Gasteiger partial charge in [-0.05, 0) is 44.0 Å². The number of rotatable bonds is 8. The number of methoxy groups -OCH3 is 1. The van der Waals surface area contributed by atoms with Crippen molar-refractivity contribution in [1.29, 1.82) is 0 Å². The topological polar surface area (TPSA) is 102 Å². The number of hydrogen-bond acceptors (Lipinski definition) is 6. The third-order valence-electron chi connectivity index (χ3n) is 5.43. The molecule has 1 amide bonds. The SMILES string of the molecule is COC(=O)c1ccccc1S(=O)(=O)N1CCC(C(=O)NCCOc2ccc(C)cc2)CC1. The number of benzene rings is 2. The molecular formula is C23H28N2O6S. The predicted molar refractivity (Wildman–Crippen MR) is 119 cm³/mol. The van der Waals surface area contributed by atoms with Crippen LogP contribution in [0.4, 0.5) is 0 Å². The van der Waals surface area contributed by atoms with Gasteiger partial charge in [0.05, 0.1) is 24.1 Å². The highest BCUT2D eigenvalue weighted by Crippen LogP contribution is 2.26. The Morgan fingerprint density at radius 2 is 1.72 bits per heavy atom. The highest BCUT2D eigenvalue weighted by atomic mass is 32.2. The van der Waals surface area contributed by atoms with Crippen LogP contribution < -0.4 is 10.1 Å². The van der Waals surface area contributed by atoms with Crippen molar-refractivity contribution in [2.75, 3.05) is 33.4 Å². The van der Waals surface area contributed by atoms with Crippen molar-refractivity contribution in [2.24, 2.45) is 5.92 Å². The normalized spacial score (nSPS) is 15.2. The Labute approximate surface area is 188 Å². The zero-order valence-corrected chi connectivity index (χ0v) is 19.1. The van der Waals surface area contributed by atoms with E-state index in [1.165, 1.54) is 23.5 Å². The molecule has 2 aromatic rings. The minimum atomic E-state index is -3.87. The molecule has 1 saturated heterocycles. The second-order valence-corrected chi connectivity index (χ2v) is 9.52. The molecule has 0 saturated carbocycles. The van der Waals surface area contributed by atoms with Gasteiger partial charge in [-0.3, -0.25) is 4.79 Å². The number of amides is 1. The lowest BCUT2D eigenvalue weighted by Gasteiger charge is -2.30. The van der Waals surface area contributed by atoms with Crippen LogP contribution in [0.3, 0.4) is 0 Å². The molecule has 0 spiro atoms. The van der Waals surface area contributed by atoms with Gasteiger partial charge in [0, 0.05) is 19.0 Å². The van der Waals surface area contributed by atoms with Crippen LogP contribution in [0.2, 0.25) is 0 Å². The maximum atomic E-state index is 13.1. The number of esters is 1. The average Bonchev–Trinajstić information content (AvgIpc) is 2.82. The van der Waals surface area contributed by atoms with E-state index in [0.29, 0.717) is 26.0 Å². The molecule has 0 atom stereocenters. The molecule has 3 rings (SSSR count). The van der Waals surface area contributed by atoms with Gasteiger partial charge in [0.2, 0.25) is 15.9 Å². The molecule has 1 heterocycles. The summed E-state index contributed by atoms with van der Waals surface area (Å²) in [5, 5.41) is 2.86. The van der Waals surface area contributed by atoms with Gasteiger partial charge >= 0.3 is 5.97 Å². The number of aryl methyl sites for hydroxylation is 1. The van der Waals surface area contributed by atoms with Crippen molar-refractivity contribution in [3.05, 3.63) is 59.7 Å². The minimum absolute atomic E-state index is 0.00319. The lowest BCUT2D eigenvalue weighted by molar-refractivity contribution is -0.126. The average molecular weight is 461 g/mol. The molecule has 9 heteroatoms. The maximum absolute atomic E-state index is 13.1. The molecule has 0 unspecified atom stereocenters. The van der Waals surface area contributed by atoms with Gasteiger partial charge in [-0.2, -0.15) is 4.31 Å². The fraction of sp³-hybridized carbons (Fsp3) is 0.391. The van der Waals surface area contributed by atoms with Crippen LogP contribution in [0.5, 0.6) is 5.75 Å². The molecule has 32 heavy (non-hydrogen) atoms. The first-order valence-electron chi connectivity index (χ1n) is 10.5. The molecule has 1 fully saturated rings. The Morgan fingerprint density at radius 3 is 2.38 bits per heavy atom. The van der Waals surface area contributed by atoms with E-state index in [1.54, 1.807) is 12.1 Å². The Kier molecular flexibility index (Phi) is 7.87. The van der Waals surface area contributed by atoms with Crippen LogP contribution in [-0.2, 0) is 19.6 Å². The molecular weight excluding hydrogens is 432 g/mol. The molecule has 0 aromatic heterocycles. The highest BCUT2D eigenvalue weighted by Gasteiger charge is 2.34. The monoisotopic (exact) mass is 460 g/mol. The van der Waals surface area contributed by atoms with Gasteiger partial charge < -0.3 is 14.8 Å². The lowest BCUT2D eigenvalue weighted by atomic mass is 9.97. The highest BCUT2D eigenvalue weighted by molar-refractivity contribution is 7.89. The quantitative estimate of drug-likeness (QED) is 0.479. The lowest BCUT2D eigenvalue weighted by Crippen LogP contribution is -2.43. The Balaban J connectivity index is 1.50. The first kappa shape index (κ1) is 23.7. The Morgan fingerprint density at radius 1 is 1.06 bits per heavy atom. The summed E-state index contributed by atoms with van der Waals surface area (Å²) >= 11 is 0. The van der Waals surface area contributed by atoms with Gasteiger partial charge in [-0.15, -0.1) is 0 Å². The Hall–Kier alpha value is -2.91. The summed E-state index contributed by atoms with van der Waals surface area (Å²) in [6, 6.07) is 13.7. The fourth-order valence-electron chi connectivity index (χ4n) is 3.59. The summed E-state index contributed by atoms with van der Waals surface area (Å²) in [5.41, 5.74) is 1.15. The largest absolute Gasteiger partial charge is 0.492 e. The smallest absolute Gasteiger partial charge is 0.339 e. The zero-order valence-electron chi connectivity index (χ0n) is 18.2. The van der Waals surface area contributed by atoms with Crippen molar-refractivity contribution in [1.82, 2.24) is 9.62 Å². The van der Waals surface area contributed by atoms with Crippen LogP contribution in [0.1, 0.15) is 28.8 Å². The molecule has 1 aliphatic rings. The predicted octanol–water partition coefficient (Wildman–Crippen LogP) is 2.38. The number of hydrogen-bond donors (Lipinski definition) is 1. The van der Waals surface area contributed by atoms with E-state index in [2.05, 4.69) is 5.32 Å². The van der Waals surface area contributed by atoms with E-state index in [9.17, 15) is 18.0 Å². The Bertz CT molecular complexity index is 1040. The van der Waals surface area contributed by atoms with Crippen molar-refractivity contribution in [2.45, 2.75) is 24.7 Å². The van der Waals surface area contributed by atoms with Crippen LogP contribution >= 0.6 is 0 Å². The summed E-state index contributed by atoms with van der Waals surface area (Å²) < 4.78 is 37.8. The van der Waals surface area contributed by atoms with E-state index in [1.807, 2.05) is 31.2 Å². The third-order valence-corrected chi connectivity index (χ3v) is 7.38. The number of sulfonamides is 1. The van der Waals surface area contributed by atoms with Crippen molar-refractivity contribution in [3.8, 4) is 5.75 Å². The number of nitrogens with one attached hydrogen (secondary N) is 1. The van der Waals surface area contributed by atoms with E-state index in [4.69, 9.17) is 9.47 Å². The summed E-state index contributed by atoms with van der Waals surface area (Å²) in [5.74, 6) is -0.330. The molecule has 0 bridgehead atoms. The van der Waals surface area contributed by atoms with Gasteiger partial charge in [-0.1, -0.05) is 29.8 Å². The summed E-state index contributed by atoms with van der Waals surface area (Å²) in [4.78, 5) is 24.4. The zero-order chi connectivity index (χ0) is 23.1. The first-order valence-corrected chi connectivity index (χ1v) is 11.9. The maximum Gasteiger partial charge on any atom is 0.339 e. The number of carbonyl (C=O) groups is 2. The third kappa shape index (κ3) is 5.66. The van der Waals surface area contributed by atoms with E-state index < -0.39 is 16.0 Å². The molecule has 172 valence electrons. The fourth-order valence-corrected chi connectivity index (χ4v) is 5.24. The van der Waals surface area contributed by atoms with Crippen molar-refractivity contribution < 1.29 is 27.5 Å². The van der Waals surface area contributed by atoms with E-state index >= 15 is 0 Å². The molecule has 0 radical (unpaired) electrons. The van der Waals surface area contributed by atoms with Gasteiger partial charge in [-0.25, -0.2) is 13.2 Å². The standard InChI is InChI=1S/C23H28N2O6S/c1-17-7-9-19(10-8-17)31-16-13-24-22(26)18-11-14-25(15-12-18)32(28,29)21-6-4-3-5-20(21)23(27)30-2/h3-10,18H,11-16H2,1-2H3,(H,24,26). The number of carbonyl (C=O) groups excluding carboxylic acids is 2. The number of piperidine rings is 1. The molecule has 2 aromatic carbocycles. The molecule has 1 aliphatic heterocycles. The summed E-state index contributed by atoms with van der Waals surface area (Å²) in [6.45, 7) is 3.13. The van der Waals surface area contributed by atoms with Crippen molar-refractivity contribution >= 4 is 21.9 Å². The number of nitrogens with zero attached hydrogens (tertiary/aromatic N) is 1. The van der Waals surface area contributed by atoms with E-state index in [-0.39, 0.29) is 35.4 Å². The first-order chi connectivity index (χ1) is 15.3. The van der Waals surface area contributed by atoms with Crippen LogP contribution in [0.15, 0.2) is 53.4 Å². The van der Waals surface area contributed by atoms with Crippen molar-refractivity contribution in [3.63, 3.8) is 0 Å². The van der Waals surface area contributed by atoms with Crippen LogP contribution in [-0.4, -0.2) is 58.0 Å². The molecule has 0 aliphatic carbocycles. The summed E-state index contributed by atoms with van der Waals surface area (Å²) in [7, 11) is -2.66. The van der Waals surface area contributed by atoms with E-state index in [0.717, 1.165) is 11.3 Å². The van der Waals surface area contributed by atoms with Gasteiger partial charge in [0.25, 0.3) is 0 Å². The molecule has 1 N–H and O–H groups in total. The van der Waals surface area contributed by atoms with Gasteiger partial charge in [0.15, 0.2) is 0 Å². The van der Waals surface area contributed by atoms with Crippen LogP contribution in [0.25, 0.3) is 0 Å². The van der Waals surface area contributed by atoms with Gasteiger partial charge in [0.1, 0.15) is 12.4 Å². The molecule has 8 nitrogen and oxygen atoms in total. The van der Waals surface area contributed by atoms with Crippen LogP contribution in [0, 0.1) is 12.8 Å². The number of ether oxygens (including phenoxy) is 2. The summed E-state index contributed by atoms with van der Waals surface area (Å²) in [6.07, 6.45) is 0.814. The second kappa shape index (κ2) is 10.6. The second-order valence-electron chi connectivity index (χ2n) is 7.62.